The zero-order valence-electron chi connectivity index (χ0n) is 12.2. The van der Waals surface area contributed by atoms with Gasteiger partial charge in [0.1, 0.15) is 0 Å². The van der Waals surface area contributed by atoms with Crippen LogP contribution in [-0.2, 0) is 6.42 Å². The van der Waals surface area contributed by atoms with Gasteiger partial charge in [-0.15, -0.1) is 0 Å². The fourth-order valence-corrected chi connectivity index (χ4v) is 1.79. The average molecular weight is 259 g/mol. The van der Waals surface area contributed by atoms with Gasteiger partial charge in [-0.2, -0.15) is 4.98 Å². The lowest BCUT2D eigenvalue weighted by Gasteiger charge is -2.17. The number of aryl methyl sites for hydroxylation is 2. The molecule has 0 saturated heterocycles. The normalized spacial score (nSPS) is 11.6. The van der Waals surface area contributed by atoms with Crippen LogP contribution in [0.15, 0.2) is 22.7 Å². The number of nitrogens with one attached hydrogen (secondary N) is 1. The van der Waals surface area contributed by atoms with Crippen molar-refractivity contribution >= 4 is 6.01 Å². The summed E-state index contributed by atoms with van der Waals surface area (Å²) in [6.07, 6.45) is 0.691. The topological polar surface area (TPSA) is 51.0 Å². The minimum Gasteiger partial charge on any atom is -0.333 e. The summed E-state index contributed by atoms with van der Waals surface area (Å²) in [4.78, 5) is 4.35. The molecule has 1 aromatic heterocycles. The number of aromatic nitrogens is 2. The Bertz CT molecular complexity index is 567. The molecule has 0 radical (unpaired) electrons. The van der Waals surface area contributed by atoms with Crippen molar-refractivity contribution in [1.82, 2.24) is 10.1 Å². The number of rotatable bonds is 3. The second-order valence-electron chi connectivity index (χ2n) is 5.99. The summed E-state index contributed by atoms with van der Waals surface area (Å²) < 4.78 is 5.19. The summed E-state index contributed by atoms with van der Waals surface area (Å²) in [5.41, 5.74) is 3.71. The third-order valence-corrected chi connectivity index (χ3v) is 2.88. The van der Waals surface area contributed by atoms with Crippen LogP contribution < -0.4 is 5.32 Å². The Morgan fingerprint density at radius 1 is 1.16 bits per heavy atom. The van der Waals surface area contributed by atoms with Crippen molar-refractivity contribution in [2.45, 2.75) is 46.6 Å². The fourth-order valence-electron chi connectivity index (χ4n) is 1.79. The third kappa shape index (κ3) is 3.81. The maximum Gasteiger partial charge on any atom is 0.321 e. The van der Waals surface area contributed by atoms with E-state index in [9.17, 15) is 0 Å². The van der Waals surface area contributed by atoms with E-state index in [0.717, 1.165) is 0 Å². The molecule has 2 rings (SSSR count). The van der Waals surface area contributed by atoms with Crippen LogP contribution in [-0.4, -0.2) is 15.7 Å². The molecule has 19 heavy (non-hydrogen) atoms. The van der Waals surface area contributed by atoms with Crippen molar-refractivity contribution in [3.05, 3.63) is 40.7 Å². The molecule has 4 heteroatoms. The Balaban J connectivity index is 2.09. The van der Waals surface area contributed by atoms with Gasteiger partial charge >= 0.3 is 6.01 Å². The molecule has 1 heterocycles. The molecule has 0 aliphatic heterocycles. The van der Waals surface area contributed by atoms with Gasteiger partial charge in [0, 0.05) is 12.0 Å². The Hall–Kier alpha value is -1.84. The number of hydrogen-bond acceptors (Lipinski definition) is 4. The van der Waals surface area contributed by atoms with E-state index in [1.165, 1.54) is 16.7 Å². The standard InChI is InChI=1S/C15H21N3O/c1-10-6-7-12(8-11(10)2)9-13-16-14(19-18-13)17-15(3,4)5/h6-8H,9H2,1-5H3,(H,16,17,18). The maximum atomic E-state index is 5.19. The largest absolute Gasteiger partial charge is 0.333 e. The lowest BCUT2D eigenvalue weighted by Crippen LogP contribution is -2.26. The van der Waals surface area contributed by atoms with E-state index in [1.807, 2.05) is 0 Å². The molecule has 1 aromatic carbocycles. The van der Waals surface area contributed by atoms with Crippen molar-refractivity contribution in [3.8, 4) is 0 Å². The van der Waals surface area contributed by atoms with Crippen molar-refractivity contribution in [2.24, 2.45) is 0 Å². The Labute approximate surface area is 114 Å². The molecule has 1 N–H and O–H groups in total. The summed E-state index contributed by atoms with van der Waals surface area (Å²) in [6.45, 7) is 10.4. The minimum atomic E-state index is -0.0791. The number of anilines is 1. The van der Waals surface area contributed by atoms with E-state index in [1.54, 1.807) is 0 Å². The predicted octanol–water partition coefficient (Wildman–Crippen LogP) is 3.49. The molecule has 4 nitrogen and oxygen atoms in total. The molecule has 0 amide bonds. The molecule has 0 unspecified atom stereocenters. The summed E-state index contributed by atoms with van der Waals surface area (Å²) >= 11 is 0. The van der Waals surface area contributed by atoms with E-state index in [2.05, 4.69) is 68.3 Å². The van der Waals surface area contributed by atoms with E-state index >= 15 is 0 Å². The van der Waals surface area contributed by atoms with Crippen LogP contribution >= 0.6 is 0 Å². The van der Waals surface area contributed by atoms with Gasteiger partial charge in [-0.05, 0) is 51.3 Å². The summed E-state index contributed by atoms with van der Waals surface area (Å²) in [6, 6.07) is 6.88. The number of hydrogen-bond donors (Lipinski definition) is 1. The predicted molar refractivity (Wildman–Crippen MR) is 76.4 cm³/mol. The second-order valence-corrected chi connectivity index (χ2v) is 5.99. The van der Waals surface area contributed by atoms with Crippen LogP contribution in [0.1, 0.15) is 43.3 Å². The van der Waals surface area contributed by atoms with Gasteiger partial charge in [0.2, 0.25) is 0 Å². The molecule has 0 atom stereocenters. The van der Waals surface area contributed by atoms with Gasteiger partial charge in [-0.1, -0.05) is 23.4 Å². The van der Waals surface area contributed by atoms with Crippen LogP contribution in [0.4, 0.5) is 6.01 Å². The first-order valence-electron chi connectivity index (χ1n) is 6.50. The van der Waals surface area contributed by atoms with E-state index in [4.69, 9.17) is 4.52 Å². The summed E-state index contributed by atoms with van der Waals surface area (Å²) in [5.74, 6) is 0.704. The smallest absolute Gasteiger partial charge is 0.321 e. The molecule has 2 aromatic rings. The highest BCUT2D eigenvalue weighted by atomic mass is 16.5. The van der Waals surface area contributed by atoms with Gasteiger partial charge in [-0.3, -0.25) is 0 Å². The van der Waals surface area contributed by atoms with Gasteiger partial charge in [0.25, 0.3) is 0 Å². The van der Waals surface area contributed by atoms with Crippen LogP contribution in [0.5, 0.6) is 0 Å². The van der Waals surface area contributed by atoms with Crippen LogP contribution in [0.2, 0.25) is 0 Å². The van der Waals surface area contributed by atoms with Crippen molar-refractivity contribution in [2.75, 3.05) is 5.32 Å². The van der Waals surface area contributed by atoms with Crippen LogP contribution in [0.3, 0.4) is 0 Å². The van der Waals surface area contributed by atoms with Crippen molar-refractivity contribution < 1.29 is 4.52 Å². The SMILES string of the molecule is Cc1ccc(Cc2noc(NC(C)(C)C)n2)cc1C. The lowest BCUT2D eigenvalue weighted by atomic mass is 10.0. The van der Waals surface area contributed by atoms with E-state index in [0.29, 0.717) is 18.3 Å². The Kier molecular flexibility index (Phi) is 3.60. The fraction of sp³-hybridized carbons (Fsp3) is 0.467. The van der Waals surface area contributed by atoms with Crippen molar-refractivity contribution in [1.29, 1.82) is 0 Å². The third-order valence-electron chi connectivity index (χ3n) is 2.88. The number of nitrogens with zero attached hydrogens (tertiary/aromatic N) is 2. The number of benzene rings is 1. The molecule has 0 aliphatic carbocycles. The first-order valence-corrected chi connectivity index (χ1v) is 6.50. The highest BCUT2D eigenvalue weighted by Gasteiger charge is 2.14. The first kappa shape index (κ1) is 13.6. The molecular weight excluding hydrogens is 238 g/mol. The van der Waals surface area contributed by atoms with Crippen LogP contribution in [0, 0.1) is 13.8 Å². The quantitative estimate of drug-likeness (QED) is 0.916. The van der Waals surface area contributed by atoms with E-state index in [-0.39, 0.29) is 5.54 Å². The van der Waals surface area contributed by atoms with Gasteiger partial charge < -0.3 is 9.84 Å². The average Bonchev–Trinajstić information content (AvgIpc) is 2.68. The zero-order valence-corrected chi connectivity index (χ0v) is 12.2. The highest BCUT2D eigenvalue weighted by molar-refractivity contribution is 5.32. The molecular formula is C15H21N3O. The van der Waals surface area contributed by atoms with Crippen molar-refractivity contribution in [3.63, 3.8) is 0 Å². The molecule has 0 fully saturated rings. The highest BCUT2D eigenvalue weighted by Crippen LogP contribution is 2.15. The molecule has 0 spiro atoms. The molecule has 0 aliphatic rings. The summed E-state index contributed by atoms with van der Waals surface area (Å²) in [5, 5.41) is 7.17. The van der Waals surface area contributed by atoms with E-state index < -0.39 is 0 Å². The van der Waals surface area contributed by atoms with Gasteiger partial charge in [0.05, 0.1) is 0 Å². The van der Waals surface area contributed by atoms with Gasteiger partial charge in [0.15, 0.2) is 5.82 Å². The monoisotopic (exact) mass is 259 g/mol. The summed E-state index contributed by atoms with van der Waals surface area (Å²) in [7, 11) is 0. The Morgan fingerprint density at radius 2 is 1.89 bits per heavy atom. The maximum absolute atomic E-state index is 5.19. The molecule has 0 bridgehead atoms. The molecule has 0 saturated carbocycles. The first-order chi connectivity index (χ1) is 8.83. The second kappa shape index (κ2) is 5.03. The minimum absolute atomic E-state index is 0.0791. The lowest BCUT2D eigenvalue weighted by molar-refractivity contribution is 0.413. The van der Waals surface area contributed by atoms with Crippen LogP contribution in [0.25, 0.3) is 0 Å². The Morgan fingerprint density at radius 3 is 2.53 bits per heavy atom. The van der Waals surface area contributed by atoms with Gasteiger partial charge in [-0.25, -0.2) is 0 Å². The molecule has 102 valence electrons. The zero-order chi connectivity index (χ0) is 14.0.